The Kier molecular flexibility index (Phi) is 5.43. The van der Waals surface area contributed by atoms with E-state index in [1.54, 1.807) is 0 Å². The molecule has 0 spiro atoms. The first-order chi connectivity index (χ1) is 10.2. The Labute approximate surface area is 125 Å². The van der Waals surface area contributed by atoms with E-state index in [0.717, 1.165) is 29.4 Å². The Balaban J connectivity index is 1.81. The van der Waals surface area contributed by atoms with Crippen molar-refractivity contribution in [1.29, 1.82) is 0 Å². The SMILES string of the molecule is CCOc1ccc(NC(=O)CCc2ccc(CC)o2)cc1. The van der Waals surface area contributed by atoms with Crippen molar-refractivity contribution in [2.24, 2.45) is 0 Å². The van der Waals surface area contributed by atoms with Crippen molar-refractivity contribution in [2.75, 3.05) is 11.9 Å². The zero-order valence-corrected chi connectivity index (χ0v) is 12.5. The Morgan fingerprint density at radius 2 is 1.81 bits per heavy atom. The zero-order chi connectivity index (χ0) is 15.1. The first kappa shape index (κ1) is 15.2. The van der Waals surface area contributed by atoms with Crippen molar-refractivity contribution in [3.63, 3.8) is 0 Å². The highest BCUT2D eigenvalue weighted by atomic mass is 16.5. The molecule has 1 N–H and O–H groups in total. The summed E-state index contributed by atoms with van der Waals surface area (Å²) in [6, 6.07) is 11.3. The lowest BCUT2D eigenvalue weighted by molar-refractivity contribution is -0.116. The number of anilines is 1. The van der Waals surface area contributed by atoms with Gasteiger partial charge in [0, 0.05) is 24.9 Å². The number of carbonyl (C=O) groups excluding carboxylic acids is 1. The van der Waals surface area contributed by atoms with E-state index in [9.17, 15) is 4.79 Å². The van der Waals surface area contributed by atoms with E-state index in [4.69, 9.17) is 9.15 Å². The molecular formula is C17H21NO3. The zero-order valence-electron chi connectivity index (χ0n) is 12.5. The fourth-order valence-corrected chi connectivity index (χ4v) is 2.01. The first-order valence-corrected chi connectivity index (χ1v) is 7.31. The molecule has 0 aliphatic rings. The van der Waals surface area contributed by atoms with Gasteiger partial charge in [0.2, 0.25) is 5.91 Å². The molecule has 1 aromatic carbocycles. The molecule has 0 fully saturated rings. The molecule has 0 unspecified atom stereocenters. The van der Waals surface area contributed by atoms with E-state index < -0.39 is 0 Å². The van der Waals surface area contributed by atoms with Crippen molar-refractivity contribution in [1.82, 2.24) is 0 Å². The number of benzene rings is 1. The summed E-state index contributed by atoms with van der Waals surface area (Å²) in [5, 5.41) is 2.87. The molecule has 0 saturated carbocycles. The van der Waals surface area contributed by atoms with Gasteiger partial charge < -0.3 is 14.5 Å². The Hall–Kier alpha value is -2.23. The molecule has 4 heteroatoms. The van der Waals surface area contributed by atoms with Crippen molar-refractivity contribution in [3.8, 4) is 5.75 Å². The van der Waals surface area contributed by atoms with Crippen LogP contribution in [0.5, 0.6) is 5.75 Å². The fourth-order valence-electron chi connectivity index (χ4n) is 2.01. The molecule has 1 amide bonds. The molecule has 0 radical (unpaired) electrons. The quantitative estimate of drug-likeness (QED) is 0.842. The Morgan fingerprint density at radius 3 is 2.43 bits per heavy atom. The van der Waals surface area contributed by atoms with Gasteiger partial charge in [-0.2, -0.15) is 0 Å². The van der Waals surface area contributed by atoms with Gasteiger partial charge in [0.15, 0.2) is 0 Å². The second kappa shape index (κ2) is 7.53. The third kappa shape index (κ3) is 4.67. The van der Waals surface area contributed by atoms with Crippen LogP contribution in [0.15, 0.2) is 40.8 Å². The number of nitrogens with one attached hydrogen (secondary N) is 1. The number of rotatable bonds is 7. The number of furan rings is 1. The van der Waals surface area contributed by atoms with Crippen LogP contribution in [0.4, 0.5) is 5.69 Å². The summed E-state index contributed by atoms with van der Waals surface area (Å²) in [6.45, 7) is 4.62. The lowest BCUT2D eigenvalue weighted by Gasteiger charge is -2.06. The van der Waals surface area contributed by atoms with E-state index in [1.165, 1.54) is 0 Å². The van der Waals surface area contributed by atoms with Crippen LogP contribution in [0.25, 0.3) is 0 Å². The second-order valence-corrected chi connectivity index (χ2v) is 4.73. The van der Waals surface area contributed by atoms with Crippen LogP contribution in [-0.2, 0) is 17.6 Å². The van der Waals surface area contributed by atoms with E-state index in [0.29, 0.717) is 19.4 Å². The minimum atomic E-state index is -0.0198. The number of ether oxygens (including phenoxy) is 1. The highest BCUT2D eigenvalue weighted by Gasteiger charge is 2.06. The number of aryl methyl sites for hydroxylation is 2. The van der Waals surface area contributed by atoms with E-state index in [1.807, 2.05) is 50.2 Å². The van der Waals surface area contributed by atoms with Crippen LogP contribution >= 0.6 is 0 Å². The third-order valence-corrected chi connectivity index (χ3v) is 3.11. The third-order valence-electron chi connectivity index (χ3n) is 3.11. The number of carbonyl (C=O) groups is 1. The van der Waals surface area contributed by atoms with E-state index in [-0.39, 0.29) is 5.91 Å². The van der Waals surface area contributed by atoms with Gasteiger partial charge >= 0.3 is 0 Å². The molecule has 4 nitrogen and oxygen atoms in total. The van der Waals surface area contributed by atoms with Crippen molar-refractivity contribution >= 4 is 11.6 Å². The minimum absolute atomic E-state index is 0.0198. The summed E-state index contributed by atoms with van der Waals surface area (Å²) >= 11 is 0. The molecule has 0 bridgehead atoms. The van der Waals surface area contributed by atoms with Crippen molar-refractivity contribution in [2.45, 2.75) is 33.1 Å². The standard InChI is InChI=1S/C17H21NO3/c1-3-14-9-10-16(21-14)11-12-17(19)18-13-5-7-15(8-6-13)20-4-2/h5-10H,3-4,11-12H2,1-2H3,(H,18,19). The van der Waals surface area contributed by atoms with Crippen LogP contribution in [0.2, 0.25) is 0 Å². The van der Waals surface area contributed by atoms with Gasteiger partial charge in [-0.05, 0) is 43.3 Å². The molecule has 112 valence electrons. The molecule has 0 aliphatic carbocycles. The predicted octanol–water partition coefficient (Wildman–Crippen LogP) is 3.81. The second-order valence-electron chi connectivity index (χ2n) is 4.73. The number of hydrogen-bond donors (Lipinski definition) is 1. The van der Waals surface area contributed by atoms with Crippen LogP contribution in [0.3, 0.4) is 0 Å². The van der Waals surface area contributed by atoms with Crippen molar-refractivity contribution < 1.29 is 13.9 Å². The van der Waals surface area contributed by atoms with Crippen LogP contribution < -0.4 is 10.1 Å². The average Bonchev–Trinajstić information content (AvgIpc) is 2.96. The summed E-state index contributed by atoms with van der Waals surface area (Å²) < 4.78 is 10.9. The smallest absolute Gasteiger partial charge is 0.224 e. The lowest BCUT2D eigenvalue weighted by atomic mass is 10.2. The summed E-state index contributed by atoms with van der Waals surface area (Å²) in [5.74, 6) is 2.59. The highest BCUT2D eigenvalue weighted by Crippen LogP contribution is 2.16. The molecule has 1 heterocycles. The predicted molar refractivity (Wildman–Crippen MR) is 82.6 cm³/mol. The molecule has 0 saturated heterocycles. The van der Waals surface area contributed by atoms with Gasteiger partial charge in [-0.3, -0.25) is 4.79 Å². The maximum atomic E-state index is 11.9. The summed E-state index contributed by atoms with van der Waals surface area (Å²) in [7, 11) is 0. The van der Waals surface area contributed by atoms with Crippen LogP contribution in [0.1, 0.15) is 31.8 Å². The maximum absolute atomic E-state index is 11.9. The first-order valence-electron chi connectivity index (χ1n) is 7.31. The highest BCUT2D eigenvalue weighted by molar-refractivity contribution is 5.90. The van der Waals surface area contributed by atoms with Crippen LogP contribution in [-0.4, -0.2) is 12.5 Å². The number of amides is 1. The lowest BCUT2D eigenvalue weighted by Crippen LogP contribution is -2.12. The van der Waals surface area contributed by atoms with Gasteiger partial charge in [0.25, 0.3) is 0 Å². The summed E-state index contributed by atoms with van der Waals surface area (Å²) in [4.78, 5) is 11.9. The monoisotopic (exact) mass is 287 g/mol. The topological polar surface area (TPSA) is 51.5 Å². The summed E-state index contributed by atoms with van der Waals surface area (Å²) in [5.41, 5.74) is 0.775. The maximum Gasteiger partial charge on any atom is 0.224 e. The molecule has 0 aliphatic heterocycles. The summed E-state index contributed by atoms with van der Waals surface area (Å²) in [6.07, 6.45) is 1.89. The average molecular weight is 287 g/mol. The van der Waals surface area contributed by atoms with Gasteiger partial charge in [0.05, 0.1) is 6.61 Å². The molecule has 21 heavy (non-hydrogen) atoms. The molecule has 2 aromatic rings. The molecular weight excluding hydrogens is 266 g/mol. The molecule has 1 aromatic heterocycles. The van der Waals surface area contributed by atoms with Gasteiger partial charge in [-0.1, -0.05) is 6.92 Å². The fraction of sp³-hybridized carbons (Fsp3) is 0.353. The Morgan fingerprint density at radius 1 is 1.10 bits per heavy atom. The van der Waals surface area contributed by atoms with Gasteiger partial charge in [0.1, 0.15) is 17.3 Å². The normalized spacial score (nSPS) is 10.4. The molecule has 2 rings (SSSR count). The van der Waals surface area contributed by atoms with Gasteiger partial charge in [-0.25, -0.2) is 0 Å². The number of hydrogen-bond acceptors (Lipinski definition) is 3. The van der Waals surface area contributed by atoms with Crippen molar-refractivity contribution in [3.05, 3.63) is 47.9 Å². The Bertz CT molecular complexity index is 572. The largest absolute Gasteiger partial charge is 0.494 e. The van der Waals surface area contributed by atoms with Crippen LogP contribution in [0, 0.1) is 0 Å². The van der Waals surface area contributed by atoms with E-state index in [2.05, 4.69) is 5.32 Å². The minimum Gasteiger partial charge on any atom is -0.494 e. The van der Waals surface area contributed by atoms with Gasteiger partial charge in [-0.15, -0.1) is 0 Å². The van der Waals surface area contributed by atoms with E-state index >= 15 is 0 Å². The molecule has 0 atom stereocenters.